The van der Waals surface area contributed by atoms with Crippen molar-refractivity contribution in [1.82, 2.24) is 10.1 Å². The fraction of sp³-hybridized carbons (Fsp3) is 0.267. The number of aliphatic hydroxyl groups excluding tert-OH is 2. The largest absolute Gasteiger partial charge is 0.469 e. The molecule has 3 heterocycles. The van der Waals surface area contributed by atoms with Crippen LogP contribution in [-0.2, 0) is 60.6 Å². The number of morpholine rings is 2. The molecule has 4 aromatic carbocycles. The second-order valence-electron chi connectivity index (χ2n) is 14.8. The number of benzene rings is 4. The molecule has 350 valence electrons. The summed E-state index contributed by atoms with van der Waals surface area (Å²) in [6.07, 6.45) is -6.20. The van der Waals surface area contributed by atoms with Crippen LogP contribution in [0.25, 0.3) is 11.4 Å². The van der Waals surface area contributed by atoms with Gasteiger partial charge in [0.1, 0.15) is 5.84 Å². The number of aromatic amines is 1. The van der Waals surface area contributed by atoms with Gasteiger partial charge in [-0.2, -0.15) is 0 Å². The molecule has 0 spiro atoms. The maximum absolute atomic E-state index is 13.0. The second-order valence-corrected chi connectivity index (χ2v) is 14.8. The third kappa shape index (κ3) is 12.4. The number of esters is 2. The molecular formula is C45H46N8O14. The number of nitrogens with one attached hydrogen (secondary N) is 4. The van der Waals surface area contributed by atoms with Gasteiger partial charge in [0.15, 0.2) is 30.2 Å². The molecule has 5 aromatic rings. The molecule has 0 bridgehead atoms. The molecule has 0 radical (unpaired) electrons. The van der Waals surface area contributed by atoms with Crippen LogP contribution in [0.4, 0.5) is 22.7 Å². The van der Waals surface area contributed by atoms with Crippen molar-refractivity contribution in [2.45, 2.75) is 37.3 Å². The first-order valence-corrected chi connectivity index (χ1v) is 20.4. The minimum absolute atomic E-state index is 0.0445. The molecule has 4 amide bonds. The molecule has 2 aliphatic heterocycles. The first kappa shape index (κ1) is 48.4. The molecule has 2 saturated heterocycles. The highest BCUT2D eigenvalue weighted by Gasteiger charge is 2.41. The molecule has 1 aromatic heterocycles. The summed E-state index contributed by atoms with van der Waals surface area (Å²) in [5.41, 5.74) is 9.51. The molecule has 22 nitrogen and oxygen atoms in total. The lowest BCUT2D eigenvalue weighted by molar-refractivity contribution is -0.150. The molecule has 22 heteroatoms. The quantitative estimate of drug-likeness (QED) is 0.0462. The number of aromatic nitrogens is 2. The van der Waals surface area contributed by atoms with Crippen LogP contribution in [0, 0.1) is 5.41 Å². The summed E-state index contributed by atoms with van der Waals surface area (Å²) in [7, 11) is 2.59. The van der Waals surface area contributed by atoms with Crippen LogP contribution in [0.2, 0.25) is 0 Å². The predicted octanol–water partition coefficient (Wildman–Crippen LogP) is 0.894. The third-order valence-corrected chi connectivity index (χ3v) is 10.3. The summed E-state index contributed by atoms with van der Waals surface area (Å²) in [4.78, 5) is 90.5. The summed E-state index contributed by atoms with van der Waals surface area (Å²) >= 11 is 0. The topological polar surface area (TPSA) is 319 Å². The summed E-state index contributed by atoms with van der Waals surface area (Å²) in [6.45, 7) is 0.677. The van der Waals surface area contributed by atoms with Gasteiger partial charge in [-0.25, -0.2) is 4.79 Å². The molecule has 67 heavy (non-hydrogen) atoms. The minimum atomic E-state index is -1.77. The lowest BCUT2D eigenvalue weighted by atomic mass is 10.1. The van der Waals surface area contributed by atoms with E-state index in [0.29, 0.717) is 45.0 Å². The van der Waals surface area contributed by atoms with Crippen molar-refractivity contribution in [3.8, 4) is 11.4 Å². The molecule has 4 atom stereocenters. The predicted molar refractivity (Wildman–Crippen MR) is 238 cm³/mol. The lowest BCUT2D eigenvalue weighted by Gasteiger charge is -2.34. The summed E-state index contributed by atoms with van der Waals surface area (Å²) < 4.78 is 24.6. The number of hydrogen-bond donors (Lipinski definition) is 7. The standard InChI is InChI=1S/C23H22N4O8.C22H24N4O6/c1-33-17(28)12-13-3-2-4-16(11-13)27-9-10-34-19(22(27)31)18(29)21(30)24-15-7-5-14(6-8-15)20-25-23(32)35-26-20;1-31-17(27)12-13-3-2-4-16(11-13)26-9-10-32-19(22(26)30)18(28)21(29)25-15-7-5-14(6-8-15)20(23)24/h2-8,11,18-19,29H,9-10,12H2,1H3,(H,24,30)(H,25,26,32);2-8,11,18-19,28H,9-10,12H2,1H3,(H3,23,24)(H,25,29)/t2*18-,19-/m11/s1. The van der Waals surface area contributed by atoms with E-state index >= 15 is 0 Å². The van der Waals surface area contributed by atoms with Gasteiger partial charge in [0.05, 0.1) is 40.3 Å². The van der Waals surface area contributed by atoms with Gasteiger partial charge in [-0.15, -0.1) is 0 Å². The number of amidine groups is 1. The minimum Gasteiger partial charge on any atom is -0.469 e. The average molecular weight is 923 g/mol. The van der Waals surface area contributed by atoms with Gasteiger partial charge in [0.2, 0.25) is 0 Å². The van der Waals surface area contributed by atoms with Crippen molar-refractivity contribution >= 4 is 64.2 Å². The number of aliphatic hydroxyl groups is 2. The molecule has 2 aliphatic rings. The van der Waals surface area contributed by atoms with Crippen LogP contribution in [0.1, 0.15) is 16.7 Å². The van der Waals surface area contributed by atoms with Crippen molar-refractivity contribution in [3.05, 3.63) is 124 Å². The van der Waals surface area contributed by atoms with Crippen molar-refractivity contribution in [3.63, 3.8) is 0 Å². The maximum Gasteiger partial charge on any atom is 0.439 e. The van der Waals surface area contributed by atoms with E-state index in [-0.39, 0.29) is 50.8 Å². The first-order valence-electron chi connectivity index (χ1n) is 20.4. The van der Waals surface area contributed by atoms with Gasteiger partial charge in [-0.1, -0.05) is 29.4 Å². The Morgan fingerprint density at radius 3 is 1.60 bits per heavy atom. The summed E-state index contributed by atoms with van der Waals surface area (Å²) in [6, 6.07) is 26.0. The Kier molecular flexibility index (Phi) is 16.1. The molecule has 2 fully saturated rings. The van der Waals surface area contributed by atoms with Gasteiger partial charge in [-0.05, 0) is 83.9 Å². The molecule has 8 N–H and O–H groups in total. The zero-order chi connectivity index (χ0) is 48.2. The van der Waals surface area contributed by atoms with Crippen LogP contribution in [0.3, 0.4) is 0 Å². The first-order chi connectivity index (χ1) is 32.1. The Morgan fingerprint density at radius 2 is 1.19 bits per heavy atom. The molecule has 0 unspecified atom stereocenters. The number of carbonyl (C=O) groups is 6. The fourth-order valence-electron chi connectivity index (χ4n) is 6.83. The lowest BCUT2D eigenvalue weighted by Crippen LogP contribution is -2.55. The van der Waals surface area contributed by atoms with Gasteiger partial charge >= 0.3 is 17.7 Å². The average Bonchev–Trinajstić information content (AvgIpc) is 3.77. The second kappa shape index (κ2) is 22.2. The Morgan fingerprint density at radius 1 is 0.746 bits per heavy atom. The number of anilines is 4. The highest BCUT2D eigenvalue weighted by atomic mass is 16.5. The van der Waals surface area contributed by atoms with E-state index in [4.69, 9.17) is 20.6 Å². The number of nitrogens with two attached hydrogens (primary N) is 1. The number of nitrogen functional groups attached to an aromatic ring is 1. The molecule has 7 rings (SSSR count). The van der Waals surface area contributed by atoms with E-state index in [9.17, 15) is 43.8 Å². The van der Waals surface area contributed by atoms with Gasteiger partial charge < -0.3 is 55.3 Å². The van der Waals surface area contributed by atoms with Crippen molar-refractivity contribution in [1.29, 1.82) is 5.41 Å². The number of carbonyl (C=O) groups excluding carboxylic acids is 6. The summed E-state index contributed by atoms with van der Waals surface area (Å²) in [5.74, 6) is -4.18. The molecule has 0 saturated carbocycles. The van der Waals surface area contributed by atoms with Crippen LogP contribution in [0.15, 0.2) is 106 Å². The Bertz CT molecular complexity index is 2670. The third-order valence-electron chi connectivity index (χ3n) is 10.3. The van der Waals surface area contributed by atoms with E-state index in [0.717, 1.165) is 0 Å². The van der Waals surface area contributed by atoms with Crippen molar-refractivity contribution in [2.24, 2.45) is 5.73 Å². The number of hydrogen-bond acceptors (Lipinski definition) is 16. The molecule has 0 aliphatic carbocycles. The zero-order valence-electron chi connectivity index (χ0n) is 36.0. The van der Waals surface area contributed by atoms with Crippen LogP contribution < -0.4 is 31.9 Å². The van der Waals surface area contributed by atoms with Crippen molar-refractivity contribution in [2.75, 3.05) is 61.0 Å². The SMILES string of the molecule is COC(=O)Cc1cccc(N2CCO[C@H]([C@@H](O)C(=O)Nc3ccc(-c4noc(=O)[nH]4)cc3)C2=O)c1.COC(=O)Cc1cccc(N2CCO[C@H]([C@@H](O)C(=O)Nc3ccc(C(=N)N)cc3)C2=O)c1. The number of methoxy groups -OCH3 is 2. The number of rotatable bonds is 14. The Hall–Kier alpha value is -8.05. The highest BCUT2D eigenvalue weighted by molar-refractivity contribution is 6.05. The fourth-order valence-corrected chi connectivity index (χ4v) is 6.83. The van der Waals surface area contributed by atoms with Gasteiger partial charge in [-0.3, -0.25) is 43.7 Å². The van der Waals surface area contributed by atoms with Gasteiger partial charge in [0, 0.05) is 47.0 Å². The van der Waals surface area contributed by atoms with Crippen molar-refractivity contribution < 1.29 is 62.5 Å². The maximum atomic E-state index is 13.0. The highest BCUT2D eigenvalue weighted by Crippen LogP contribution is 2.25. The summed E-state index contributed by atoms with van der Waals surface area (Å²) in [5, 5.41) is 37.1. The van der Waals surface area contributed by atoms with E-state index < -0.39 is 65.7 Å². The molecular weight excluding hydrogens is 877 g/mol. The normalized spacial score (nSPS) is 16.7. The van der Waals surface area contributed by atoms with E-state index in [1.165, 1.54) is 48.3 Å². The van der Waals surface area contributed by atoms with E-state index in [2.05, 4.69) is 34.8 Å². The van der Waals surface area contributed by atoms with Crippen LogP contribution >= 0.6 is 0 Å². The number of amides is 4. The number of H-pyrrole nitrogens is 1. The zero-order valence-corrected chi connectivity index (χ0v) is 36.0. The van der Waals surface area contributed by atoms with Crippen LogP contribution in [-0.4, -0.2) is 127 Å². The van der Waals surface area contributed by atoms with E-state index in [1.54, 1.807) is 72.8 Å². The smallest absolute Gasteiger partial charge is 0.439 e. The Balaban J connectivity index is 0.000000222. The number of ether oxygens (including phenoxy) is 4. The number of nitrogens with zero attached hydrogens (tertiary/aromatic N) is 3. The van der Waals surface area contributed by atoms with E-state index in [1.807, 2.05) is 0 Å². The van der Waals surface area contributed by atoms with Crippen LogP contribution in [0.5, 0.6) is 0 Å². The monoisotopic (exact) mass is 922 g/mol. The Labute approximate surface area is 381 Å². The van der Waals surface area contributed by atoms with Gasteiger partial charge in [0.25, 0.3) is 23.6 Å².